The number of rotatable bonds is 5. The lowest BCUT2D eigenvalue weighted by atomic mass is 9.90. The number of carbonyl (C=O) groups excluding carboxylic acids is 1. The molecule has 0 spiro atoms. The molecular weight excluding hydrogens is 359 g/mol. The van der Waals surface area contributed by atoms with E-state index in [1.54, 1.807) is 17.0 Å². The van der Waals surface area contributed by atoms with E-state index in [1.807, 2.05) is 0 Å². The highest BCUT2D eigenvalue weighted by molar-refractivity contribution is 5.91. The summed E-state index contributed by atoms with van der Waals surface area (Å²) in [6.07, 6.45) is -1.73. The SMILES string of the molecule is O=C(c1ccc(CO)o1)N1CCC[C@H](CCc2ccccc2C(F)(F)F)C1. The average Bonchev–Trinajstić information content (AvgIpc) is 3.15. The number of hydrogen-bond donors (Lipinski definition) is 1. The van der Waals surface area contributed by atoms with Gasteiger partial charge in [0.05, 0.1) is 5.56 Å². The van der Waals surface area contributed by atoms with Crippen LogP contribution in [0.15, 0.2) is 40.8 Å². The normalized spacial score (nSPS) is 17.9. The van der Waals surface area contributed by atoms with E-state index in [0.29, 0.717) is 37.3 Å². The van der Waals surface area contributed by atoms with Crippen LogP contribution in [0.2, 0.25) is 0 Å². The maximum atomic E-state index is 13.1. The molecule has 146 valence electrons. The predicted octanol–water partition coefficient (Wildman–Crippen LogP) is 4.28. The molecule has 1 aromatic heterocycles. The first kappa shape index (κ1) is 19.5. The molecule has 1 amide bonds. The Balaban J connectivity index is 1.61. The van der Waals surface area contributed by atoms with Gasteiger partial charge in [-0.05, 0) is 55.4 Å². The number of aliphatic hydroxyl groups excluding tert-OH is 1. The highest BCUT2D eigenvalue weighted by Gasteiger charge is 2.33. The van der Waals surface area contributed by atoms with E-state index in [1.165, 1.54) is 18.2 Å². The second-order valence-electron chi connectivity index (χ2n) is 6.88. The Bertz CT molecular complexity index is 785. The lowest BCUT2D eigenvalue weighted by molar-refractivity contribution is -0.138. The van der Waals surface area contributed by atoms with Crippen molar-refractivity contribution in [3.8, 4) is 0 Å². The van der Waals surface area contributed by atoms with Crippen molar-refractivity contribution in [2.45, 2.75) is 38.5 Å². The number of likely N-dealkylation sites (tertiary alicyclic amines) is 1. The number of aliphatic hydroxyl groups is 1. The molecule has 0 unspecified atom stereocenters. The van der Waals surface area contributed by atoms with Crippen LogP contribution in [0.4, 0.5) is 13.2 Å². The van der Waals surface area contributed by atoms with Gasteiger partial charge in [0.1, 0.15) is 12.4 Å². The van der Waals surface area contributed by atoms with Crippen molar-refractivity contribution >= 4 is 5.91 Å². The number of alkyl halides is 3. The van der Waals surface area contributed by atoms with Gasteiger partial charge in [0.25, 0.3) is 5.91 Å². The monoisotopic (exact) mass is 381 g/mol. The molecule has 3 rings (SSSR count). The molecule has 0 bridgehead atoms. The van der Waals surface area contributed by atoms with Gasteiger partial charge >= 0.3 is 6.18 Å². The fourth-order valence-electron chi connectivity index (χ4n) is 3.59. The summed E-state index contributed by atoms with van der Waals surface area (Å²) in [6.45, 7) is 0.834. The first-order chi connectivity index (χ1) is 12.9. The van der Waals surface area contributed by atoms with Crippen LogP contribution >= 0.6 is 0 Å². The molecule has 1 fully saturated rings. The topological polar surface area (TPSA) is 53.7 Å². The highest BCUT2D eigenvalue weighted by Crippen LogP contribution is 2.33. The third-order valence-corrected chi connectivity index (χ3v) is 4.98. The Morgan fingerprint density at radius 2 is 2.00 bits per heavy atom. The first-order valence-electron chi connectivity index (χ1n) is 9.02. The first-order valence-corrected chi connectivity index (χ1v) is 9.02. The molecule has 1 saturated heterocycles. The molecule has 1 aromatic carbocycles. The molecule has 0 saturated carbocycles. The number of piperidine rings is 1. The quantitative estimate of drug-likeness (QED) is 0.841. The molecule has 1 N–H and O–H groups in total. The van der Waals surface area contributed by atoms with Crippen molar-refractivity contribution in [2.24, 2.45) is 5.92 Å². The average molecular weight is 381 g/mol. The summed E-state index contributed by atoms with van der Waals surface area (Å²) in [4.78, 5) is 14.2. The summed E-state index contributed by atoms with van der Waals surface area (Å²) in [5.74, 6) is 0.421. The second kappa shape index (κ2) is 8.17. The smallest absolute Gasteiger partial charge is 0.416 e. The molecule has 0 aliphatic carbocycles. The zero-order valence-corrected chi connectivity index (χ0v) is 14.8. The Morgan fingerprint density at radius 1 is 1.22 bits per heavy atom. The number of aryl methyl sites for hydroxylation is 1. The Kier molecular flexibility index (Phi) is 5.89. The number of hydrogen-bond acceptors (Lipinski definition) is 3. The van der Waals surface area contributed by atoms with Crippen molar-refractivity contribution in [3.63, 3.8) is 0 Å². The van der Waals surface area contributed by atoms with Crippen molar-refractivity contribution in [3.05, 3.63) is 59.0 Å². The van der Waals surface area contributed by atoms with Crippen molar-refractivity contribution in [1.29, 1.82) is 0 Å². The molecule has 7 heteroatoms. The molecule has 1 aliphatic rings. The molecule has 2 heterocycles. The van der Waals surface area contributed by atoms with Gasteiger partial charge in [0.15, 0.2) is 5.76 Å². The van der Waals surface area contributed by atoms with E-state index in [4.69, 9.17) is 9.52 Å². The molecule has 2 aromatic rings. The number of carbonyl (C=O) groups is 1. The zero-order chi connectivity index (χ0) is 19.4. The molecule has 27 heavy (non-hydrogen) atoms. The maximum Gasteiger partial charge on any atom is 0.416 e. The number of furan rings is 1. The standard InChI is InChI=1S/C20H22F3NO3/c21-20(22,23)17-6-2-1-5-15(17)8-7-14-4-3-11-24(12-14)19(26)18-10-9-16(13-25)27-18/h1-2,5-6,9-10,14,25H,3-4,7-8,11-13H2/t14-/m1/s1. The number of benzene rings is 1. The van der Waals surface area contributed by atoms with E-state index < -0.39 is 11.7 Å². The minimum absolute atomic E-state index is 0.149. The minimum atomic E-state index is -4.35. The maximum absolute atomic E-state index is 13.1. The minimum Gasteiger partial charge on any atom is -0.453 e. The lowest BCUT2D eigenvalue weighted by Crippen LogP contribution is -2.40. The van der Waals surface area contributed by atoms with Crippen LogP contribution in [-0.2, 0) is 19.2 Å². The molecule has 1 atom stereocenters. The van der Waals surface area contributed by atoms with Crippen LogP contribution < -0.4 is 0 Å². The van der Waals surface area contributed by atoms with Crippen molar-refractivity contribution in [2.75, 3.05) is 13.1 Å². The van der Waals surface area contributed by atoms with Crippen LogP contribution in [0.3, 0.4) is 0 Å². The highest BCUT2D eigenvalue weighted by atomic mass is 19.4. The van der Waals surface area contributed by atoms with Gasteiger partial charge in [-0.15, -0.1) is 0 Å². The third-order valence-electron chi connectivity index (χ3n) is 4.98. The number of amides is 1. The van der Waals surface area contributed by atoms with Crippen LogP contribution in [-0.4, -0.2) is 29.0 Å². The van der Waals surface area contributed by atoms with Crippen LogP contribution in [0.25, 0.3) is 0 Å². The van der Waals surface area contributed by atoms with Crippen LogP contribution in [0.5, 0.6) is 0 Å². The molecule has 0 radical (unpaired) electrons. The summed E-state index contributed by atoms with van der Waals surface area (Å²) >= 11 is 0. The van der Waals surface area contributed by atoms with Gasteiger partial charge in [0.2, 0.25) is 0 Å². The van der Waals surface area contributed by atoms with Crippen molar-refractivity contribution in [1.82, 2.24) is 4.90 Å². The Morgan fingerprint density at radius 3 is 2.70 bits per heavy atom. The van der Waals surface area contributed by atoms with E-state index in [0.717, 1.165) is 18.9 Å². The van der Waals surface area contributed by atoms with Crippen LogP contribution in [0, 0.1) is 5.92 Å². The van der Waals surface area contributed by atoms with E-state index >= 15 is 0 Å². The van der Waals surface area contributed by atoms with Gasteiger partial charge in [-0.3, -0.25) is 4.79 Å². The van der Waals surface area contributed by atoms with E-state index in [-0.39, 0.29) is 24.2 Å². The molecule has 4 nitrogen and oxygen atoms in total. The van der Waals surface area contributed by atoms with Gasteiger partial charge in [-0.25, -0.2) is 0 Å². The summed E-state index contributed by atoms with van der Waals surface area (Å²) < 4.78 is 44.7. The van der Waals surface area contributed by atoms with Crippen LogP contribution in [0.1, 0.15) is 46.7 Å². The Hall–Kier alpha value is -2.28. The summed E-state index contributed by atoms with van der Waals surface area (Å²) in [6, 6.07) is 8.75. The fraction of sp³-hybridized carbons (Fsp3) is 0.450. The predicted molar refractivity (Wildman–Crippen MR) is 93.0 cm³/mol. The number of nitrogens with zero attached hydrogens (tertiary/aromatic N) is 1. The van der Waals surface area contributed by atoms with Gasteiger partial charge in [-0.1, -0.05) is 18.2 Å². The number of halogens is 3. The zero-order valence-electron chi connectivity index (χ0n) is 14.8. The van der Waals surface area contributed by atoms with Crippen molar-refractivity contribution < 1.29 is 27.5 Å². The van der Waals surface area contributed by atoms with Gasteiger partial charge in [-0.2, -0.15) is 13.2 Å². The summed E-state index contributed by atoms with van der Waals surface area (Å²) in [7, 11) is 0. The van der Waals surface area contributed by atoms with Gasteiger partial charge < -0.3 is 14.4 Å². The van der Waals surface area contributed by atoms with Gasteiger partial charge in [0, 0.05) is 13.1 Å². The summed E-state index contributed by atoms with van der Waals surface area (Å²) in [5, 5.41) is 9.04. The Labute approximate surface area is 155 Å². The summed E-state index contributed by atoms with van der Waals surface area (Å²) in [5.41, 5.74) is -0.284. The van der Waals surface area contributed by atoms with E-state index in [2.05, 4.69) is 0 Å². The lowest BCUT2D eigenvalue weighted by Gasteiger charge is -2.32. The molecular formula is C20H22F3NO3. The second-order valence-corrected chi connectivity index (χ2v) is 6.88. The molecule has 1 aliphatic heterocycles. The van der Waals surface area contributed by atoms with E-state index in [9.17, 15) is 18.0 Å². The third kappa shape index (κ3) is 4.71. The fourth-order valence-corrected chi connectivity index (χ4v) is 3.59. The largest absolute Gasteiger partial charge is 0.453 e.